The van der Waals surface area contributed by atoms with Crippen LogP contribution in [0.25, 0.3) is 0 Å². The molecule has 0 aromatic heterocycles. The third kappa shape index (κ3) is 7.31. The third-order valence-corrected chi connectivity index (χ3v) is 5.69. The summed E-state index contributed by atoms with van der Waals surface area (Å²) in [6.07, 6.45) is -3.97. The lowest BCUT2D eigenvalue weighted by molar-refractivity contribution is -0.0925. The summed E-state index contributed by atoms with van der Waals surface area (Å²) < 4.78 is 44.5. The van der Waals surface area contributed by atoms with E-state index in [1.807, 2.05) is 0 Å². The van der Waals surface area contributed by atoms with Gasteiger partial charge in [0.2, 0.25) is 0 Å². The Morgan fingerprint density at radius 2 is 1.71 bits per heavy atom. The maximum atomic E-state index is 13.0. The lowest BCUT2D eigenvalue weighted by atomic mass is 10.1. The number of ether oxygens (including phenoxy) is 1. The highest BCUT2D eigenvalue weighted by molar-refractivity contribution is 6.33. The average molecular weight is 495 g/mol. The van der Waals surface area contributed by atoms with Crippen LogP contribution in [0.1, 0.15) is 15.9 Å². The minimum Gasteiger partial charge on any atom is -0.461 e. The number of halogens is 4. The minimum atomic E-state index is -4.71. The number of rotatable bonds is 7. The van der Waals surface area contributed by atoms with Crippen molar-refractivity contribution in [2.75, 3.05) is 46.4 Å². The summed E-state index contributed by atoms with van der Waals surface area (Å²) in [7, 11) is 2.07. The number of carbonyl (C=O) groups is 1. The molecular formula is C24H26ClF3N4O2. The molecule has 2 aromatic carbocycles. The number of likely N-dealkylation sites (N-methyl/N-ethyl adjacent to an activating group) is 1. The van der Waals surface area contributed by atoms with E-state index >= 15 is 0 Å². The van der Waals surface area contributed by atoms with Gasteiger partial charge >= 0.3 is 12.1 Å². The maximum Gasteiger partial charge on any atom is 0.430 e. The third-order valence-electron chi connectivity index (χ3n) is 5.37. The van der Waals surface area contributed by atoms with Crippen LogP contribution in [0.4, 0.5) is 18.9 Å². The summed E-state index contributed by atoms with van der Waals surface area (Å²) in [5, 5.41) is 0.277. The van der Waals surface area contributed by atoms with Gasteiger partial charge in [0.15, 0.2) is 0 Å². The molecule has 0 aliphatic carbocycles. The van der Waals surface area contributed by atoms with Gasteiger partial charge in [0.25, 0.3) is 0 Å². The topological polar surface area (TPSA) is 71.2 Å². The van der Waals surface area contributed by atoms with Crippen LogP contribution in [0.2, 0.25) is 5.02 Å². The molecule has 1 saturated heterocycles. The average Bonchev–Trinajstić information content (AvgIpc) is 2.80. The van der Waals surface area contributed by atoms with Crippen molar-refractivity contribution < 1.29 is 22.7 Å². The van der Waals surface area contributed by atoms with Crippen LogP contribution >= 0.6 is 11.6 Å². The zero-order chi connectivity index (χ0) is 24.7. The molecule has 1 aliphatic rings. The first kappa shape index (κ1) is 25.7. The molecule has 34 heavy (non-hydrogen) atoms. The summed E-state index contributed by atoms with van der Waals surface area (Å²) in [4.78, 5) is 21.1. The quantitative estimate of drug-likeness (QED) is 0.460. The Kier molecular flexibility index (Phi) is 8.71. The fourth-order valence-corrected chi connectivity index (χ4v) is 3.46. The molecule has 0 spiro atoms. The van der Waals surface area contributed by atoms with Crippen LogP contribution < -0.4 is 5.73 Å². The first-order valence-corrected chi connectivity index (χ1v) is 11.1. The highest BCUT2D eigenvalue weighted by atomic mass is 35.5. The number of nitrogens with zero attached hydrogens (tertiary/aromatic N) is 3. The van der Waals surface area contributed by atoms with Crippen LogP contribution in [0, 0.1) is 0 Å². The molecule has 1 aliphatic heterocycles. The maximum absolute atomic E-state index is 13.0. The summed E-state index contributed by atoms with van der Waals surface area (Å²) in [5.41, 5.74) is 4.79. The van der Waals surface area contributed by atoms with Crippen molar-refractivity contribution in [2.24, 2.45) is 10.7 Å². The van der Waals surface area contributed by atoms with Crippen molar-refractivity contribution in [1.82, 2.24) is 9.80 Å². The molecule has 10 heteroatoms. The Hall–Kier alpha value is -2.88. The van der Waals surface area contributed by atoms with Gasteiger partial charge in [0.1, 0.15) is 12.3 Å². The first-order chi connectivity index (χ1) is 16.1. The van der Waals surface area contributed by atoms with Crippen molar-refractivity contribution in [3.63, 3.8) is 0 Å². The molecule has 2 aromatic rings. The van der Waals surface area contributed by atoms with E-state index in [1.54, 1.807) is 24.3 Å². The van der Waals surface area contributed by atoms with E-state index in [0.717, 1.165) is 32.3 Å². The van der Waals surface area contributed by atoms with E-state index < -0.39 is 17.8 Å². The molecule has 3 rings (SSSR count). The fourth-order valence-electron chi connectivity index (χ4n) is 3.28. The number of hydrogen-bond acceptors (Lipinski definition) is 6. The molecule has 0 saturated carbocycles. The largest absolute Gasteiger partial charge is 0.461 e. The van der Waals surface area contributed by atoms with Crippen molar-refractivity contribution in [1.29, 1.82) is 0 Å². The Morgan fingerprint density at radius 3 is 2.32 bits per heavy atom. The highest BCUT2D eigenvalue weighted by Gasteiger charge is 2.31. The Morgan fingerprint density at radius 1 is 1.09 bits per heavy atom. The second kappa shape index (κ2) is 11.5. The van der Waals surface area contributed by atoms with E-state index in [-0.39, 0.29) is 28.6 Å². The second-order valence-electron chi connectivity index (χ2n) is 7.90. The van der Waals surface area contributed by atoms with Gasteiger partial charge in [-0.1, -0.05) is 35.9 Å². The normalized spacial score (nSPS) is 16.5. The van der Waals surface area contributed by atoms with E-state index in [2.05, 4.69) is 21.8 Å². The molecule has 6 nitrogen and oxygen atoms in total. The number of para-hydroxylation sites is 1. The predicted molar refractivity (Wildman–Crippen MR) is 127 cm³/mol. The Balaban J connectivity index is 1.73. The monoisotopic (exact) mass is 494 g/mol. The standard InChI is InChI=1S/C24H26ClF3N4O2/c1-31-10-12-32(13-11-31)14-15-34-23(33)18-8-6-17(7-9-18)21(16-22(29)24(26,27)28)30-20-5-3-2-4-19(20)25/h2-9,16H,10-15,29H2,1H3. The van der Waals surface area contributed by atoms with Gasteiger partial charge in [-0.3, -0.25) is 4.90 Å². The van der Waals surface area contributed by atoms with E-state index in [9.17, 15) is 18.0 Å². The number of alkyl halides is 3. The van der Waals surface area contributed by atoms with Gasteiger partial charge < -0.3 is 15.4 Å². The number of allylic oxidation sites excluding steroid dienone is 2. The van der Waals surface area contributed by atoms with Gasteiger partial charge in [0.05, 0.1) is 22.0 Å². The van der Waals surface area contributed by atoms with Crippen molar-refractivity contribution in [2.45, 2.75) is 6.18 Å². The number of esters is 1. The van der Waals surface area contributed by atoms with Crippen LogP contribution in [0.15, 0.2) is 65.3 Å². The zero-order valence-electron chi connectivity index (χ0n) is 18.7. The summed E-state index contributed by atoms with van der Waals surface area (Å²) in [6.45, 7) is 4.69. The highest BCUT2D eigenvalue weighted by Crippen LogP contribution is 2.27. The van der Waals surface area contributed by atoms with Crippen molar-refractivity contribution in [3.8, 4) is 0 Å². The van der Waals surface area contributed by atoms with E-state index in [1.165, 1.54) is 24.3 Å². The summed E-state index contributed by atoms with van der Waals surface area (Å²) >= 11 is 6.11. The zero-order valence-corrected chi connectivity index (χ0v) is 19.4. The van der Waals surface area contributed by atoms with Crippen LogP contribution in [-0.2, 0) is 4.74 Å². The number of benzene rings is 2. The summed E-state index contributed by atoms with van der Waals surface area (Å²) in [6, 6.07) is 12.5. The van der Waals surface area contributed by atoms with Gasteiger partial charge in [-0.25, -0.2) is 9.79 Å². The Labute approximate surface area is 201 Å². The fraction of sp³-hybridized carbons (Fsp3) is 0.333. The number of aliphatic imine (C=N–C) groups is 1. The number of nitrogens with two attached hydrogens (primary N) is 1. The van der Waals surface area contributed by atoms with Crippen molar-refractivity contribution >= 4 is 29.0 Å². The van der Waals surface area contributed by atoms with Crippen LogP contribution in [0.5, 0.6) is 0 Å². The van der Waals surface area contributed by atoms with Gasteiger partial charge in [-0.05, 0) is 37.4 Å². The molecule has 0 unspecified atom stereocenters. The van der Waals surface area contributed by atoms with E-state index in [4.69, 9.17) is 22.1 Å². The SMILES string of the molecule is CN1CCN(CCOC(=O)c2ccc(C(C=C(N)C(F)(F)F)=Nc3ccccc3Cl)cc2)CC1. The van der Waals surface area contributed by atoms with Crippen LogP contribution in [0.3, 0.4) is 0 Å². The Bertz CT molecular complexity index is 1050. The molecule has 2 N–H and O–H groups in total. The minimum absolute atomic E-state index is 0.0436. The van der Waals surface area contributed by atoms with Gasteiger partial charge in [-0.2, -0.15) is 13.2 Å². The second-order valence-corrected chi connectivity index (χ2v) is 8.31. The first-order valence-electron chi connectivity index (χ1n) is 10.7. The molecular weight excluding hydrogens is 469 g/mol. The molecule has 0 amide bonds. The van der Waals surface area contributed by atoms with Gasteiger partial charge in [0, 0.05) is 38.3 Å². The molecule has 0 radical (unpaired) electrons. The molecule has 182 valence electrons. The van der Waals surface area contributed by atoms with Crippen molar-refractivity contribution in [3.05, 3.63) is 76.5 Å². The smallest absolute Gasteiger partial charge is 0.430 e. The molecule has 0 bridgehead atoms. The lowest BCUT2D eigenvalue weighted by Crippen LogP contribution is -2.45. The van der Waals surface area contributed by atoms with Crippen LogP contribution in [-0.4, -0.2) is 74.0 Å². The predicted octanol–water partition coefficient (Wildman–Crippen LogP) is 4.27. The summed E-state index contributed by atoms with van der Waals surface area (Å²) in [5.74, 6) is -0.504. The molecule has 1 heterocycles. The lowest BCUT2D eigenvalue weighted by Gasteiger charge is -2.32. The number of hydrogen-bond donors (Lipinski definition) is 1. The molecule has 1 fully saturated rings. The number of carbonyl (C=O) groups excluding carboxylic acids is 1. The molecule has 0 atom stereocenters. The van der Waals surface area contributed by atoms with E-state index in [0.29, 0.717) is 12.1 Å². The van der Waals surface area contributed by atoms with Gasteiger partial charge in [-0.15, -0.1) is 0 Å². The number of piperazine rings is 1.